The van der Waals surface area contributed by atoms with Gasteiger partial charge in [0.25, 0.3) is 0 Å². The molecule has 1 N–H and O–H groups in total. The van der Waals surface area contributed by atoms with E-state index in [1.807, 2.05) is 19.9 Å². The van der Waals surface area contributed by atoms with Gasteiger partial charge in [0.15, 0.2) is 0 Å². The van der Waals surface area contributed by atoms with E-state index in [9.17, 15) is 14.4 Å². The highest BCUT2D eigenvalue weighted by Crippen LogP contribution is 2.27. The molecule has 1 aliphatic rings. The third kappa shape index (κ3) is 3.97. The maximum absolute atomic E-state index is 12.7. The summed E-state index contributed by atoms with van der Waals surface area (Å²) in [5.74, 6) is -0.162. The molecule has 0 bridgehead atoms. The van der Waals surface area contributed by atoms with E-state index in [1.165, 1.54) is 6.07 Å². The number of rotatable bonds is 2. The predicted molar refractivity (Wildman–Crippen MR) is 104 cm³/mol. The molecule has 3 rings (SSSR count). The molecule has 27 heavy (non-hydrogen) atoms. The SMILES string of the molecule is Cc1cc2oc(=O)cc(C)c2cc1NC(=O)C1CCN(C(=O)N(C)C)CC1. The fourth-order valence-electron chi connectivity index (χ4n) is 3.45. The van der Waals surface area contributed by atoms with Crippen molar-refractivity contribution in [3.8, 4) is 0 Å². The second kappa shape index (κ2) is 7.42. The van der Waals surface area contributed by atoms with Gasteiger partial charge in [0.05, 0.1) is 0 Å². The molecule has 1 aromatic heterocycles. The van der Waals surface area contributed by atoms with E-state index in [1.54, 1.807) is 30.0 Å². The minimum Gasteiger partial charge on any atom is -0.423 e. The van der Waals surface area contributed by atoms with Crippen molar-refractivity contribution in [2.75, 3.05) is 32.5 Å². The lowest BCUT2D eigenvalue weighted by molar-refractivity contribution is -0.121. The number of nitrogens with one attached hydrogen (secondary N) is 1. The van der Waals surface area contributed by atoms with E-state index >= 15 is 0 Å². The number of anilines is 1. The first-order chi connectivity index (χ1) is 12.8. The molecule has 0 atom stereocenters. The summed E-state index contributed by atoms with van der Waals surface area (Å²) in [5.41, 5.74) is 2.51. The molecule has 1 saturated heterocycles. The third-order valence-corrected chi connectivity index (χ3v) is 5.07. The van der Waals surface area contributed by atoms with Gasteiger partial charge in [0, 0.05) is 50.2 Å². The fraction of sp³-hybridized carbons (Fsp3) is 0.450. The number of benzene rings is 1. The van der Waals surface area contributed by atoms with Gasteiger partial charge in [-0.2, -0.15) is 0 Å². The van der Waals surface area contributed by atoms with Gasteiger partial charge in [-0.3, -0.25) is 4.79 Å². The van der Waals surface area contributed by atoms with Crippen LogP contribution in [0.3, 0.4) is 0 Å². The molecule has 2 aromatic rings. The lowest BCUT2D eigenvalue weighted by Crippen LogP contribution is -2.45. The van der Waals surface area contributed by atoms with Crippen LogP contribution in [0.4, 0.5) is 10.5 Å². The minimum atomic E-state index is -0.379. The summed E-state index contributed by atoms with van der Waals surface area (Å²) >= 11 is 0. The van der Waals surface area contributed by atoms with Crippen LogP contribution in [0.5, 0.6) is 0 Å². The van der Waals surface area contributed by atoms with Crippen LogP contribution < -0.4 is 10.9 Å². The Morgan fingerprint density at radius 1 is 1.11 bits per heavy atom. The summed E-state index contributed by atoms with van der Waals surface area (Å²) in [5, 5.41) is 3.82. The largest absolute Gasteiger partial charge is 0.423 e. The molecule has 0 radical (unpaired) electrons. The van der Waals surface area contributed by atoms with E-state index in [4.69, 9.17) is 4.42 Å². The van der Waals surface area contributed by atoms with E-state index in [-0.39, 0.29) is 23.5 Å². The maximum atomic E-state index is 12.7. The summed E-state index contributed by atoms with van der Waals surface area (Å²) in [6.45, 7) is 4.87. The number of carbonyl (C=O) groups is 2. The number of hydrogen-bond donors (Lipinski definition) is 1. The number of fused-ring (bicyclic) bond motifs is 1. The highest BCUT2D eigenvalue weighted by Gasteiger charge is 2.28. The summed E-state index contributed by atoms with van der Waals surface area (Å²) in [6.07, 6.45) is 1.29. The molecule has 0 aliphatic carbocycles. The van der Waals surface area contributed by atoms with Crippen molar-refractivity contribution in [3.63, 3.8) is 0 Å². The zero-order chi connectivity index (χ0) is 19.7. The Morgan fingerprint density at radius 2 is 1.78 bits per heavy atom. The average Bonchev–Trinajstić information content (AvgIpc) is 2.62. The molecule has 2 heterocycles. The van der Waals surface area contributed by atoms with Crippen molar-refractivity contribution in [1.82, 2.24) is 9.80 Å². The first-order valence-corrected chi connectivity index (χ1v) is 9.08. The van der Waals surface area contributed by atoms with E-state index in [2.05, 4.69) is 5.32 Å². The first-order valence-electron chi connectivity index (χ1n) is 9.08. The van der Waals surface area contributed by atoms with Crippen LogP contribution in [-0.2, 0) is 4.79 Å². The quantitative estimate of drug-likeness (QED) is 0.823. The Hall–Kier alpha value is -2.83. The predicted octanol–water partition coefficient (Wildman–Crippen LogP) is 2.74. The van der Waals surface area contributed by atoms with Crippen LogP contribution in [-0.4, -0.2) is 48.9 Å². The number of likely N-dealkylation sites (tertiary alicyclic amines) is 1. The number of urea groups is 1. The van der Waals surface area contributed by atoms with Crippen molar-refractivity contribution < 1.29 is 14.0 Å². The molecule has 0 spiro atoms. The average molecular weight is 371 g/mol. The summed E-state index contributed by atoms with van der Waals surface area (Å²) in [4.78, 5) is 39.6. The Balaban J connectivity index is 1.72. The molecular formula is C20H25N3O4. The smallest absolute Gasteiger partial charge is 0.336 e. The minimum absolute atomic E-state index is 0.0174. The highest BCUT2D eigenvalue weighted by atomic mass is 16.4. The third-order valence-electron chi connectivity index (χ3n) is 5.07. The molecule has 1 fully saturated rings. The zero-order valence-electron chi connectivity index (χ0n) is 16.2. The van der Waals surface area contributed by atoms with Crippen molar-refractivity contribution in [2.24, 2.45) is 5.92 Å². The Kier molecular flexibility index (Phi) is 5.21. The number of hydrogen-bond acceptors (Lipinski definition) is 4. The van der Waals surface area contributed by atoms with Gasteiger partial charge in [-0.15, -0.1) is 0 Å². The second-order valence-corrected chi connectivity index (χ2v) is 7.34. The molecular weight excluding hydrogens is 346 g/mol. The molecule has 3 amide bonds. The second-order valence-electron chi connectivity index (χ2n) is 7.34. The topological polar surface area (TPSA) is 82.9 Å². The van der Waals surface area contributed by atoms with Gasteiger partial charge >= 0.3 is 11.7 Å². The van der Waals surface area contributed by atoms with E-state index < -0.39 is 0 Å². The van der Waals surface area contributed by atoms with E-state index in [0.29, 0.717) is 31.5 Å². The summed E-state index contributed by atoms with van der Waals surface area (Å²) in [6, 6.07) is 5.06. The number of nitrogens with zero attached hydrogens (tertiary/aromatic N) is 2. The van der Waals surface area contributed by atoms with Crippen LogP contribution in [0.2, 0.25) is 0 Å². The van der Waals surface area contributed by atoms with Crippen LogP contribution in [0.1, 0.15) is 24.0 Å². The Morgan fingerprint density at radius 3 is 2.41 bits per heavy atom. The molecule has 144 valence electrons. The summed E-state index contributed by atoms with van der Waals surface area (Å²) in [7, 11) is 3.46. The zero-order valence-corrected chi connectivity index (χ0v) is 16.2. The Labute approximate surface area is 157 Å². The van der Waals surface area contributed by atoms with Gasteiger partial charge < -0.3 is 19.5 Å². The molecule has 0 unspecified atom stereocenters. The van der Waals surface area contributed by atoms with Crippen molar-refractivity contribution in [1.29, 1.82) is 0 Å². The van der Waals surface area contributed by atoms with Gasteiger partial charge in [-0.25, -0.2) is 9.59 Å². The molecule has 1 aliphatic heterocycles. The van der Waals surface area contributed by atoms with Crippen molar-refractivity contribution in [3.05, 3.63) is 39.7 Å². The van der Waals surface area contributed by atoms with Crippen LogP contribution in [0, 0.1) is 19.8 Å². The molecule has 0 saturated carbocycles. The summed E-state index contributed by atoms with van der Waals surface area (Å²) < 4.78 is 5.24. The van der Waals surface area contributed by atoms with Crippen LogP contribution in [0.25, 0.3) is 11.0 Å². The molecule has 7 nitrogen and oxygen atoms in total. The van der Waals surface area contributed by atoms with Gasteiger partial charge in [0.2, 0.25) is 5.91 Å². The number of carbonyl (C=O) groups excluding carboxylic acids is 2. The fourth-order valence-corrected chi connectivity index (χ4v) is 3.45. The molecule has 1 aromatic carbocycles. The van der Waals surface area contributed by atoms with Gasteiger partial charge in [-0.1, -0.05) is 0 Å². The standard InChI is InChI=1S/C20H25N3O4/c1-12-10-18(24)27-17-9-13(2)16(11-15(12)17)21-19(25)14-5-7-23(8-6-14)20(26)22(3)4/h9-11,14H,5-8H2,1-4H3,(H,21,25). The molecule has 7 heteroatoms. The van der Waals surface area contributed by atoms with Crippen LogP contribution >= 0.6 is 0 Å². The van der Waals surface area contributed by atoms with Crippen LogP contribution in [0.15, 0.2) is 27.4 Å². The van der Waals surface area contributed by atoms with Gasteiger partial charge in [0.1, 0.15) is 5.58 Å². The van der Waals surface area contributed by atoms with Crippen molar-refractivity contribution >= 4 is 28.6 Å². The number of piperidine rings is 1. The normalized spacial score (nSPS) is 15.0. The Bertz CT molecular complexity index is 940. The van der Waals surface area contributed by atoms with Crippen molar-refractivity contribution in [2.45, 2.75) is 26.7 Å². The lowest BCUT2D eigenvalue weighted by Gasteiger charge is -2.33. The highest BCUT2D eigenvalue weighted by molar-refractivity contribution is 5.96. The monoisotopic (exact) mass is 371 g/mol. The number of aryl methyl sites for hydroxylation is 2. The first kappa shape index (κ1) is 18.9. The number of amides is 3. The van der Waals surface area contributed by atoms with Gasteiger partial charge in [-0.05, 0) is 49.9 Å². The van der Waals surface area contributed by atoms with E-state index in [0.717, 1.165) is 22.2 Å². The lowest BCUT2D eigenvalue weighted by atomic mass is 9.95. The maximum Gasteiger partial charge on any atom is 0.336 e.